The van der Waals surface area contributed by atoms with Gasteiger partial charge in [-0.3, -0.25) is 0 Å². The minimum absolute atomic E-state index is 0.192. The van der Waals surface area contributed by atoms with Gasteiger partial charge in [0, 0.05) is 11.6 Å². The summed E-state index contributed by atoms with van der Waals surface area (Å²) in [5.74, 6) is 1.49. The second-order valence-electron chi connectivity index (χ2n) is 5.48. The molecule has 1 heterocycles. The lowest BCUT2D eigenvalue weighted by Gasteiger charge is -2.10. The van der Waals surface area contributed by atoms with Crippen LogP contribution in [0.4, 0.5) is 4.79 Å². The Morgan fingerprint density at radius 1 is 1.38 bits per heavy atom. The fraction of sp³-hybridized carbons (Fsp3) is 0.400. The number of carbonyl (C=O) groups is 1. The number of urea groups is 1. The zero-order valence-electron chi connectivity index (χ0n) is 12.0. The highest BCUT2D eigenvalue weighted by Crippen LogP contribution is 2.28. The van der Waals surface area contributed by atoms with Crippen LogP contribution < -0.4 is 10.6 Å². The van der Waals surface area contributed by atoms with Crippen molar-refractivity contribution in [3.05, 3.63) is 36.2 Å². The van der Waals surface area contributed by atoms with Gasteiger partial charge in [0.1, 0.15) is 0 Å². The van der Waals surface area contributed by atoms with Gasteiger partial charge >= 0.3 is 6.03 Å². The number of aromatic nitrogens is 2. The monoisotopic (exact) mass is 286 g/mol. The lowest BCUT2D eigenvalue weighted by atomic mass is 10.2. The first-order valence-electron chi connectivity index (χ1n) is 7.09. The summed E-state index contributed by atoms with van der Waals surface area (Å²) in [6.45, 7) is 3.94. The van der Waals surface area contributed by atoms with Crippen LogP contribution in [0.15, 0.2) is 34.9 Å². The highest BCUT2D eigenvalue weighted by atomic mass is 16.5. The Labute approximate surface area is 122 Å². The van der Waals surface area contributed by atoms with Crippen molar-refractivity contribution < 1.29 is 9.32 Å². The number of rotatable bonds is 4. The summed E-state index contributed by atoms with van der Waals surface area (Å²) in [6.07, 6.45) is 1.04. The molecule has 1 saturated carbocycles. The molecule has 6 nitrogen and oxygen atoms in total. The highest BCUT2D eigenvalue weighted by Gasteiger charge is 2.34. The molecule has 2 amide bonds. The predicted molar refractivity (Wildman–Crippen MR) is 77.4 cm³/mol. The van der Waals surface area contributed by atoms with Crippen molar-refractivity contribution in [2.24, 2.45) is 5.92 Å². The lowest BCUT2D eigenvalue weighted by Crippen LogP contribution is -2.39. The van der Waals surface area contributed by atoms with E-state index in [1.54, 1.807) is 0 Å². The quantitative estimate of drug-likeness (QED) is 0.905. The van der Waals surface area contributed by atoms with Crippen LogP contribution in [0.1, 0.15) is 32.1 Å². The van der Waals surface area contributed by atoms with Crippen LogP contribution in [0.5, 0.6) is 0 Å². The average molecular weight is 286 g/mol. The van der Waals surface area contributed by atoms with Crippen LogP contribution in [-0.4, -0.2) is 22.2 Å². The summed E-state index contributed by atoms with van der Waals surface area (Å²) in [5.41, 5.74) is 0.861. The maximum Gasteiger partial charge on any atom is 0.315 e. The number of nitrogens with zero attached hydrogens (tertiary/aromatic N) is 2. The van der Waals surface area contributed by atoms with Gasteiger partial charge in [-0.2, -0.15) is 4.98 Å². The van der Waals surface area contributed by atoms with E-state index in [4.69, 9.17) is 4.52 Å². The summed E-state index contributed by atoms with van der Waals surface area (Å²) in [4.78, 5) is 16.1. The van der Waals surface area contributed by atoms with Crippen LogP contribution in [0.2, 0.25) is 0 Å². The molecule has 1 aliphatic carbocycles. The fourth-order valence-electron chi connectivity index (χ4n) is 2.10. The molecule has 2 aromatic rings. The van der Waals surface area contributed by atoms with Gasteiger partial charge in [-0.15, -0.1) is 0 Å². The standard InChI is InChI=1S/C15H18N4O2/c1-9-8-12(9)17-15(20)16-10(2)13-18-14(21-19-13)11-6-4-3-5-7-11/h3-7,9-10,12H,8H2,1-2H3,(H2,16,17,20)/t9-,10+,12-/m1/s1. The van der Waals surface area contributed by atoms with E-state index < -0.39 is 0 Å². The Balaban J connectivity index is 1.61. The van der Waals surface area contributed by atoms with Crippen molar-refractivity contribution in [3.63, 3.8) is 0 Å². The molecule has 0 radical (unpaired) electrons. The molecule has 110 valence electrons. The molecule has 0 saturated heterocycles. The Bertz CT molecular complexity index is 626. The van der Waals surface area contributed by atoms with E-state index in [-0.39, 0.29) is 12.1 Å². The molecule has 21 heavy (non-hydrogen) atoms. The minimum Gasteiger partial charge on any atom is -0.335 e. The van der Waals surface area contributed by atoms with Crippen LogP contribution in [0.25, 0.3) is 11.5 Å². The van der Waals surface area contributed by atoms with Gasteiger partial charge in [-0.25, -0.2) is 4.79 Å². The first-order chi connectivity index (χ1) is 10.1. The SMILES string of the molecule is C[C@H](NC(=O)N[C@@H]1C[C@H]1C)c1noc(-c2ccccc2)n1. The normalized spacial score (nSPS) is 21.6. The zero-order chi connectivity index (χ0) is 14.8. The van der Waals surface area contributed by atoms with E-state index in [9.17, 15) is 4.79 Å². The van der Waals surface area contributed by atoms with E-state index >= 15 is 0 Å². The molecule has 0 spiro atoms. The van der Waals surface area contributed by atoms with E-state index in [1.807, 2.05) is 37.3 Å². The second kappa shape index (κ2) is 5.55. The first-order valence-corrected chi connectivity index (χ1v) is 7.09. The molecule has 2 N–H and O–H groups in total. The number of nitrogens with one attached hydrogen (secondary N) is 2. The molecule has 1 aliphatic rings. The number of benzene rings is 1. The summed E-state index contributed by atoms with van der Waals surface area (Å²) in [7, 11) is 0. The van der Waals surface area contributed by atoms with Crippen LogP contribution in [0.3, 0.4) is 0 Å². The second-order valence-corrected chi connectivity index (χ2v) is 5.48. The number of amides is 2. The maximum atomic E-state index is 11.8. The van der Waals surface area contributed by atoms with Crippen molar-refractivity contribution in [2.45, 2.75) is 32.4 Å². The third kappa shape index (κ3) is 3.21. The average Bonchev–Trinajstić information content (AvgIpc) is 2.98. The van der Waals surface area contributed by atoms with Gasteiger partial charge in [-0.1, -0.05) is 30.3 Å². The van der Waals surface area contributed by atoms with E-state index in [0.29, 0.717) is 23.7 Å². The molecule has 1 aromatic carbocycles. The molecular formula is C15H18N4O2. The first kappa shape index (κ1) is 13.6. The van der Waals surface area contributed by atoms with Crippen molar-refractivity contribution in [1.29, 1.82) is 0 Å². The Hall–Kier alpha value is -2.37. The van der Waals surface area contributed by atoms with Crippen molar-refractivity contribution in [3.8, 4) is 11.5 Å². The molecule has 3 atom stereocenters. The molecule has 6 heteroatoms. The van der Waals surface area contributed by atoms with Crippen molar-refractivity contribution in [2.75, 3.05) is 0 Å². The van der Waals surface area contributed by atoms with Gasteiger partial charge in [-0.05, 0) is 31.4 Å². The predicted octanol–water partition coefficient (Wildman–Crippen LogP) is 2.51. The van der Waals surface area contributed by atoms with Crippen molar-refractivity contribution >= 4 is 6.03 Å². The van der Waals surface area contributed by atoms with Gasteiger partial charge < -0.3 is 15.2 Å². The summed E-state index contributed by atoms with van der Waals surface area (Å²) < 4.78 is 5.23. The molecule has 0 unspecified atom stereocenters. The van der Waals surface area contributed by atoms with Crippen LogP contribution in [0, 0.1) is 5.92 Å². The highest BCUT2D eigenvalue weighted by molar-refractivity contribution is 5.75. The number of hydrogen-bond acceptors (Lipinski definition) is 4. The third-order valence-electron chi connectivity index (χ3n) is 3.62. The smallest absolute Gasteiger partial charge is 0.315 e. The van der Waals surface area contributed by atoms with Gasteiger partial charge in [0.15, 0.2) is 5.82 Å². The Kier molecular flexibility index (Phi) is 3.60. The lowest BCUT2D eigenvalue weighted by molar-refractivity contribution is 0.236. The molecule has 0 aliphatic heterocycles. The molecule has 1 fully saturated rings. The minimum atomic E-state index is -0.305. The van der Waals surface area contributed by atoms with Crippen LogP contribution >= 0.6 is 0 Å². The largest absolute Gasteiger partial charge is 0.335 e. The van der Waals surface area contributed by atoms with E-state index in [1.165, 1.54) is 0 Å². The summed E-state index contributed by atoms with van der Waals surface area (Å²) >= 11 is 0. The van der Waals surface area contributed by atoms with Crippen LogP contribution in [-0.2, 0) is 0 Å². The van der Waals surface area contributed by atoms with Crippen molar-refractivity contribution in [1.82, 2.24) is 20.8 Å². The summed E-state index contributed by atoms with van der Waals surface area (Å²) in [6, 6.07) is 9.34. The number of carbonyl (C=O) groups excluding carboxylic acids is 1. The molecular weight excluding hydrogens is 268 g/mol. The Morgan fingerprint density at radius 3 is 2.76 bits per heavy atom. The third-order valence-corrected chi connectivity index (χ3v) is 3.62. The summed E-state index contributed by atoms with van der Waals surface area (Å²) in [5, 5.41) is 9.65. The fourth-order valence-corrected chi connectivity index (χ4v) is 2.10. The van der Waals surface area contributed by atoms with Gasteiger partial charge in [0.25, 0.3) is 5.89 Å². The molecule has 0 bridgehead atoms. The maximum absolute atomic E-state index is 11.8. The van der Waals surface area contributed by atoms with E-state index in [0.717, 1.165) is 12.0 Å². The zero-order valence-corrected chi connectivity index (χ0v) is 12.0. The molecule has 1 aromatic heterocycles. The topological polar surface area (TPSA) is 80.0 Å². The number of hydrogen-bond donors (Lipinski definition) is 2. The molecule has 3 rings (SSSR count). The van der Waals surface area contributed by atoms with Gasteiger partial charge in [0.2, 0.25) is 0 Å². The Morgan fingerprint density at radius 2 is 2.10 bits per heavy atom. The van der Waals surface area contributed by atoms with E-state index in [2.05, 4.69) is 27.7 Å². The van der Waals surface area contributed by atoms with Gasteiger partial charge in [0.05, 0.1) is 6.04 Å².